The third-order valence-corrected chi connectivity index (χ3v) is 5.83. The quantitative estimate of drug-likeness (QED) is 0.686. The summed E-state index contributed by atoms with van der Waals surface area (Å²) in [5, 5.41) is 3.05. The fraction of sp³-hybridized carbons (Fsp3) is 0.333. The first-order chi connectivity index (χ1) is 14.2. The number of carbonyl (C=O) groups is 1. The van der Waals surface area contributed by atoms with Crippen molar-refractivity contribution in [2.45, 2.75) is 38.6 Å². The van der Waals surface area contributed by atoms with Gasteiger partial charge in [0.25, 0.3) is 0 Å². The van der Waals surface area contributed by atoms with E-state index in [0.29, 0.717) is 18.4 Å². The summed E-state index contributed by atoms with van der Waals surface area (Å²) in [6.45, 7) is 2.68. The molecular weight excluding hydrogens is 360 g/mol. The second-order valence-electron chi connectivity index (χ2n) is 8.21. The lowest BCUT2D eigenvalue weighted by molar-refractivity contribution is -0.122. The van der Waals surface area contributed by atoms with Crippen LogP contribution in [0.3, 0.4) is 0 Å². The number of hydrogen-bond acceptors (Lipinski definition) is 4. The lowest BCUT2D eigenvalue weighted by Crippen LogP contribution is -2.24. The predicted molar refractivity (Wildman–Crippen MR) is 112 cm³/mol. The second kappa shape index (κ2) is 7.39. The van der Waals surface area contributed by atoms with Crippen LogP contribution in [0.15, 0.2) is 54.9 Å². The molecule has 5 rings (SSSR count). The molecule has 2 aliphatic rings. The Morgan fingerprint density at radius 1 is 1.10 bits per heavy atom. The molecule has 2 saturated carbocycles. The molecule has 5 heteroatoms. The minimum Gasteiger partial charge on any atom is -0.352 e. The van der Waals surface area contributed by atoms with E-state index in [1.807, 2.05) is 24.4 Å². The molecule has 1 aromatic carbocycles. The summed E-state index contributed by atoms with van der Waals surface area (Å²) >= 11 is 0. The standard InChI is InChI=1S/C24H24N4O/c1-15-12-19(15)24(29)27-13-16-5-7-17(8-6-16)22-20(21-4-2-3-11-25-21)14-26-23(28-22)18-9-10-18/h2-8,11,14-15,18-19H,9-10,12-13H2,1H3,(H,27,29)/t15-,19-/m1/s1. The van der Waals surface area contributed by atoms with E-state index < -0.39 is 0 Å². The Morgan fingerprint density at radius 3 is 2.55 bits per heavy atom. The molecule has 3 aromatic rings. The number of nitrogens with one attached hydrogen (secondary N) is 1. The monoisotopic (exact) mass is 384 g/mol. The van der Waals surface area contributed by atoms with Crippen molar-refractivity contribution in [2.24, 2.45) is 11.8 Å². The van der Waals surface area contributed by atoms with Crippen LogP contribution in [-0.2, 0) is 11.3 Å². The molecule has 2 heterocycles. The van der Waals surface area contributed by atoms with Crippen molar-refractivity contribution in [1.82, 2.24) is 20.3 Å². The van der Waals surface area contributed by atoms with E-state index >= 15 is 0 Å². The molecule has 2 atom stereocenters. The predicted octanol–water partition coefficient (Wildman–Crippen LogP) is 4.36. The molecule has 2 aromatic heterocycles. The summed E-state index contributed by atoms with van der Waals surface area (Å²) in [4.78, 5) is 26.0. The van der Waals surface area contributed by atoms with Gasteiger partial charge in [-0.25, -0.2) is 9.97 Å². The van der Waals surface area contributed by atoms with E-state index in [-0.39, 0.29) is 11.8 Å². The summed E-state index contributed by atoms with van der Waals surface area (Å²) in [5.74, 6) is 2.32. The average Bonchev–Trinajstić information content (AvgIpc) is 3.69. The molecular formula is C24H24N4O. The van der Waals surface area contributed by atoms with Crippen LogP contribution in [0.4, 0.5) is 0 Å². The highest BCUT2D eigenvalue weighted by molar-refractivity contribution is 5.81. The molecule has 5 nitrogen and oxygen atoms in total. The highest BCUT2D eigenvalue weighted by Gasteiger charge is 2.38. The first-order valence-corrected chi connectivity index (χ1v) is 10.3. The van der Waals surface area contributed by atoms with Crippen LogP contribution in [0, 0.1) is 11.8 Å². The van der Waals surface area contributed by atoms with E-state index in [1.165, 1.54) is 12.8 Å². The molecule has 0 aliphatic heterocycles. The minimum absolute atomic E-state index is 0.170. The normalized spacial score (nSPS) is 20.3. The number of hydrogen-bond donors (Lipinski definition) is 1. The van der Waals surface area contributed by atoms with Gasteiger partial charge in [0.15, 0.2) is 0 Å². The van der Waals surface area contributed by atoms with Crippen molar-refractivity contribution in [2.75, 3.05) is 0 Å². The van der Waals surface area contributed by atoms with E-state index in [2.05, 4.69) is 46.5 Å². The zero-order valence-electron chi connectivity index (χ0n) is 16.5. The molecule has 1 amide bonds. The summed E-state index contributed by atoms with van der Waals surface area (Å²) in [6, 6.07) is 14.2. The lowest BCUT2D eigenvalue weighted by Gasteiger charge is -2.11. The number of pyridine rings is 1. The number of carbonyl (C=O) groups excluding carboxylic acids is 1. The van der Waals surface area contributed by atoms with Crippen molar-refractivity contribution in [1.29, 1.82) is 0 Å². The second-order valence-corrected chi connectivity index (χ2v) is 8.21. The number of nitrogens with zero attached hydrogens (tertiary/aromatic N) is 3. The zero-order chi connectivity index (χ0) is 19.8. The van der Waals surface area contributed by atoms with Gasteiger partial charge in [0.1, 0.15) is 5.82 Å². The van der Waals surface area contributed by atoms with Crippen LogP contribution >= 0.6 is 0 Å². The topological polar surface area (TPSA) is 67.8 Å². The smallest absolute Gasteiger partial charge is 0.223 e. The Hall–Kier alpha value is -3.08. The molecule has 1 N–H and O–H groups in total. The van der Waals surface area contributed by atoms with Gasteiger partial charge in [-0.2, -0.15) is 0 Å². The molecule has 0 unspecified atom stereocenters. The van der Waals surface area contributed by atoms with Crippen LogP contribution in [0.2, 0.25) is 0 Å². The molecule has 0 spiro atoms. The Bertz CT molecular complexity index is 1030. The Balaban J connectivity index is 1.40. The fourth-order valence-corrected chi connectivity index (χ4v) is 3.65. The van der Waals surface area contributed by atoms with E-state index in [9.17, 15) is 4.79 Å². The van der Waals surface area contributed by atoms with E-state index in [1.54, 1.807) is 6.20 Å². The third-order valence-electron chi connectivity index (χ3n) is 5.83. The largest absolute Gasteiger partial charge is 0.352 e. The minimum atomic E-state index is 0.170. The van der Waals surface area contributed by atoms with Gasteiger partial charge in [-0.1, -0.05) is 37.3 Å². The lowest BCUT2D eigenvalue weighted by atomic mass is 10.0. The van der Waals surface area contributed by atoms with Crippen molar-refractivity contribution in [3.05, 3.63) is 66.2 Å². The maximum absolute atomic E-state index is 12.1. The van der Waals surface area contributed by atoms with Gasteiger partial charge >= 0.3 is 0 Å². The average molecular weight is 384 g/mol. The summed E-state index contributed by atoms with van der Waals surface area (Å²) in [5.41, 5.74) is 4.87. The summed E-state index contributed by atoms with van der Waals surface area (Å²) in [7, 11) is 0. The third kappa shape index (κ3) is 3.90. The highest BCUT2D eigenvalue weighted by Crippen LogP contribution is 2.40. The number of amides is 1. The molecule has 146 valence electrons. The molecule has 0 radical (unpaired) electrons. The van der Waals surface area contributed by atoms with Crippen molar-refractivity contribution in [3.63, 3.8) is 0 Å². The van der Waals surface area contributed by atoms with Gasteiger partial charge in [0, 0.05) is 41.9 Å². The zero-order valence-corrected chi connectivity index (χ0v) is 16.5. The maximum atomic E-state index is 12.1. The van der Waals surface area contributed by atoms with Gasteiger partial charge < -0.3 is 5.32 Å². The van der Waals surface area contributed by atoms with Crippen molar-refractivity contribution < 1.29 is 4.79 Å². The molecule has 29 heavy (non-hydrogen) atoms. The van der Waals surface area contributed by atoms with Gasteiger partial charge in [-0.3, -0.25) is 9.78 Å². The van der Waals surface area contributed by atoms with Gasteiger partial charge in [0.05, 0.1) is 11.4 Å². The number of benzene rings is 1. The van der Waals surface area contributed by atoms with Crippen LogP contribution in [0.25, 0.3) is 22.5 Å². The Labute approximate surface area is 170 Å². The van der Waals surface area contributed by atoms with Gasteiger partial charge in [-0.05, 0) is 42.9 Å². The van der Waals surface area contributed by atoms with Crippen molar-refractivity contribution in [3.8, 4) is 22.5 Å². The molecule has 0 bridgehead atoms. The molecule has 2 fully saturated rings. The van der Waals surface area contributed by atoms with Crippen molar-refractivity contribution >= 4 is 5.91 Å². The van der Waals surface area contributed by atoms with E-state index in [0.717, 1.165) is 40.3 Å². The maximum Gasteiger partial charge on any atom is 0.223 e. The summed E-state index contributed by atoms with van der Waals surface area (Å²) < 4.78 is 0. The molecule has 0 saturated heterocycles. The number of aromatic nitrogens is 3. The van der Waals surface area contributed by atoms with Gasteiger partial charge in [0.2, 0.25) is 5.91 Å². The van der Waals surface area contributed by atoms with E-state index in [4.69, 9.17) is 4.98 Å². The van der Waals surface area contributed by atoms with Crippen LogP contribution in [-0.4, -0.2) is 20.9 Å². The van der Waals surface area contributed by atoms with Crippen LogP contribution < -0.4 is 5.32 Å². The summed E-state index contributed by atoms with van der Waals surface area (Å²) in [6.07, 6.45) is 7.04. The van der Waals surface area contributed by atoms with Crippen LogP contribution in [0.1, 0.15) is 43.5 Å². The SMILES string of the molecule is C[C@@H]1C[C@H]1C(=O)NCc1ccc(-c2nc(C3CC3)ncc2-c2ccccn2)cc1. The number of rotatable bonds is 6. The molecule has 2 aliphatic carbocycles. The van der Waals surface area contributed by atoms with Gasteiger partial charge in [-0.15, -0.1) is 0 Å². The first kappa shape index (κ1) is 18.0. The fourth-order valence-electron chi connectivity index (χ4n) is 3.65. The Kier molecular flexibility index (Phi) is 4.58. The Morgan fingerprint density at radius 2 is 1.90 bits per heavy atom. The van der Waals surface area contributed by atoms with Crippen LogP contribution in [0.5, 0.6) is 0 Å². The highest BCUT2D eigenvalue weighted by atomic mass is 16.2. The first-order valence-electron chi connectivity index (χ1n) is 10.3.